The van der Waals surface area contributed by atoms with Crippen molar-refractivity contribution in [3.8, 4) is 17.2 Å². The summed E-state index contributed by atoms with van der Waals surface area (Å²) >= 11 is 1.97. The van der Waals surface area contributed by atoms with Crippen molar-refractivity contribution in [3.63, 3.8) is 0 Å². The second-order valence-electron chi connectivity index (χ2n) is 6.45. The lowest BCUT2D eigenvalue weighted by atomic mass is 9.97. The molecule has 0 saturated carbocycles. The van der Waals surface area contributed by atoms with Crippen molar-refractivity contribution in [2.75, 3.05) is 33.3 Å². The number of rotatable bonds is 12. The Morgan fingerprint density at radius 1 is 1.06 bits per heavy atom. The van der Waals surface area contributed by atoms with Gasteiger partial charge in [-0.15, -0.1) is 0 Å². The number of Topliss-reactive ketones (excluding diaryl/α,β-unsaturated/α-hetero) is 1. The van der Waals surface area contributed by atoms with E-state index in [-0.39, 0.29) is 27.9 Å². The fourth-order valence-electron chi connectivity index (χ4n) is 2.73. The van der Waals surface area contributed by atoms with E-state index < -0.39 is 34.9 Å². The Morgan fingerprint density at radius 3 is 2.00 bits per heavy atom. The van der Waals surface area contributed by atoms with Crippen molar-refractivity contribution in [2.45, 2.75) is 25.1 Å². The lowest BCUT2D eigenvalue weighted by molar-refractivity contribution is -0.141. The predicted molar refractivity (Wildman–Crippen MR) is 120 cm³/mol. The zero-order chi connectivity index (χ0) is 23.7. The van der Waals surface area contributed by atoms with E-state index in [1.807, 2.05) is 0 Å². The molecule has 0 aliphatic heterocycles. The summed E-state index contributed by atoms with van der Waals surface area (Å²) in [5.74, 6) is -2.34. The number of ether oxygens (including phenoxy) is 3. The molecule has 0 aliphatic rings. The molecule has 0 aliphatic carbocycles. The maximum absolute atomic E-state index is 13.3. The van der Waals surface area contributed by atoms with Gasteiger partial charge < -0.3 is 24.6 Å². The number of hydrogen-bond acceptors (Lipinski definition) is 9. The van der Waals surface area contributed by atoms with E-state index in [1.165, 1.54) is 59.1 Å². The third-order valence-electron chi connectivity index (χ3n) is 4.32. The van der Waals surface area contributed by atoms with Crippen molar-refractivity contribution in [3.05, 3.63) is 17.7 Å². The van der Waals surface area contributed by atoms with Crippen LogP contribution in [0.15, 0.2) is 12.1 Å². The maximum Gasteiger partial charge on any atom is 0.327 e. The molecular weight excluding hydrogens is 446 g/mol. The smallest absolute Gasteiger partial charge is 0.327 e. The zero-order valence-electron chi connectivity index (χ0n) is 18.2. The van der Waals surface area contributed by atoms with E-state index in [4.69, 9.17) is 14.2 Å². The van der Waals surface area contributed by atoms with Crippen LogP contribution in [0.2, 0.25) is 0 Å². The topological polar surface area (TPSA) is 128 Å². The quantitative estimate of drug-likeness (QED) is 0.436. The summed E-state index contributed by atoms with van der Waals surface area (Å²) in [7, 11) is 4.23. The Hall–Kier alpha value is -2.40. The second kappa shape index (κ2) is 12.5. The van der Waals surface area contributed by atoms with Gasteiger partial charge in [-0.1, -0.05) is 18.7 Å². The van der Waals surface area contributed by atoms with E-state index >= 15 is 0 Å². The molecule has 172 valence electrons. The predicted octanol–water partition coefficient (Wildman–Crippen LogP) is 2.11. The number of carboxylic acid groups (broad SMARTS) is 1. The Bertz CT molecular complexity index is 804. The number of methoxy groups -OCH3 is 3. The minimum Gasteiger partial charge on any atom is -0.493 e. The average molecular weight is 474 g/mol. The number of hydrogen-bond donors (Lipinski definition) is 2. The SMILES string of the molecule is COc1cc(C(=O)C(SC(C)=O)C(C)C(=O)N[C@@H](CSC)C(=O)O)cc(OC)c1OC. The third-order valence-corrected chi connectivity index (χ3v) is 6.19. The van der Waals surface area contributed by atoms with E-state index in [1.54, 1.807) is 6.26 Å². The van der Waals surface area contributed by atoms with Crippen LogP contribution in [0.25, 0.3) is 0 Å². The summed E-state index contributed by atoms with van der Waals surface area (Å²) in [4.78, 5) is 49.2. The van der Waals surface area contributed by atoms with Crippen molar-refractivity contribution >= 4 is 46.3 Å². The number of carbonyl (C=O) groups is 4. The van der Waals surface area contributed by atoms with Gasteiger partial charge in [0.2, 0.25) is 11.7 Å². The molecule has 1 aromatic carbocycles. The van der Waals surface area contributed by atoms with Crippen molar-refractivity contribution in [2.24, 2.45) is 5.92 Å². The van der Waals surface area contributed by atoms with E-state index in [0.717, 1.165) is 0 Å². The number of ketones is 1. The van der Waals surface area contributed by atoms with Gasteiger partial charge in [0.15, 0.2) is 22.4 Å². The van der Waals surface area contributed by atoms with Crippen LogP contribution in [0.4, 0.5) is 0 Å². The Kier molecular flexibility index (Phi) is 10.7. The standard InChI is InChI=1S/C20H27NO8S2/c1-10(19(24)21-13(9-30-6)20(25)26)18(31-11(2)22)16(23)12-7-14(27-3)17(29-5)15(8-12)28-4/h7-8,10,13,18H,9H2,1-6H3,(H,21,24)(H,25,26)/t10?,13-,18?/m0/s1. The molecule has 3 atom stereocenters. The summed E-state index contributed by atoms with van der Waals surface area (Å²) in [6, 6.07) is 1.77. The lowest BCUT2D eigenvalue weighted by Gasteiger charge is -2.23. The molecule has 0 heterocycles. The Balaban J connectivity index is 3.30. The number of carboxylic acids is 1. The summed E-state index contributed by atoms with van der Waals surface area (Å²) in [5, 5.41) is 10.3. The van der Waals surface area contributed by atoms with Gasteiger partial charge >= 0.3 is 5.97 Å². The fraction of sp³-hybridized carbons (Fsp3) is 0.500. The average Bonchev–Trinajstić information content (AvgIpc) is 2.74. The number of thioether (sulfide) groups is 2. The Labute approximate surface area is 189 Å². The largest absolute Gasteiger partial charge is 0.493 e. The van der Waals surface area contributed by atoms with Crippen LogP contribution in [-0.2, 0) is 14.4 Å². The van der Waals surface area contributed by atoms with E-state index in [2.05, 4.69) is 5.32 Å². The molecule has 2 unspecified atom stereocenters. The molecule has 0 bridgehead atoms. The number of carbonyl (C=O) groups excluding carboxylic acids is 3. The van der Waals surface area contributed by atoms with Gasteiger partial charge in [0.1, 0.15) is 6.04 Å². The van der Waals surface area contributed by atoms with Crippen LogP contribution < -0.4 is 19.5 Å². The van der Waals surface area contributed by atoms with Crippen molar-refractivity contribution in [1.29, 1.82) is 0 Å². The highest BCUT2D eigenvalue weighted by Crippen LogP contribution is 2.39. The number of aliphatic carboxylic acids is 1. The molecule has 0 aromatic heterocycles. The van der Waals surface area contributed by atoms with Crippen LogP contribution in [0.3, 0.4) is 0 Å². The zero-order valence-corrected chi connectivity index (χ0v) is 19.8. The number of nitrogens with one attached hydrogen (secondary N) is 1. The fourth-order valence-corrected chi connectivity index (χ4v) is 4.22. The molecule has 0 radical (unpaired) electrons. The first-order chi connectivity index (χ1) is 14.6. The van der Waals surface area contributed by atoms with E-state index in [0.29, 0.717) is 17.5 Å². The molecular formula is C20H27NO8S2. The van der Waals surface area contributed by atoms with Gasteiger partial charge in [0.05, 0.1) is 32.5 Å². The lowest BCUT2D eigenvalue weighted by Crippen LogP contribution is -2.47. The number of benzene rings is 1. The molecule has 9 nitrogen and oxygen atoms in total. The monoisotopic (exact) mass is 473 g/mol. The first-order valence-corrected chi connectivity index (χ1v) is 11.4. The molecule has 0 saturated heterocycles. The minimum absolute atomic E-state index is 0.159. The highest BCUT2D eigenvalue weighted by atomic mass is 32.2. The first kappa shape index (κ1) is 26.6. The summed E-state index contributed by atoms with van der Waals surface area (Å²) in [6.07, 6.45) is 1.72. The minimum atomic E-state index is -1.18. The second-order valence-corrected chi connectivity index (χ2v) is 8.68. The highest BCUT2D eigenvalue weighted by Gasteiger charge is 2.35. The summed E-state index contributed by atoms with van der Waals surface area (Å²) in [5.41, 5.74) is 0.159. The third kappa shape index (κ3) is 7.06. The molecule has 1 rings (SSSR count). The summed E-state index contributed by atoms with van der Waals surface area (Å²) in [6.45, 7) is 2.77. The van der Waals surface area contributed by atoms with Gasteiger partial charge in [0.25, 0.3) is 0 Å². The molecule has 2 N–H and O–H groups in total. The molecule has 31 heavy (non-hydrogen) atoms. The number of amides is 1. The maximum atomic E-state index is 13.3. The first-order valence-electron chi connectivity index (χ1n) is 9.14. The Morgan fingerprint density at radius 2 is 1.61 bits per heavy atom. The van der Waals surface area contributed by atoms with Gasteiger partial charge in [-0.25, -0.2) is 4.79 Å². The molecule has 1 aromatic rings. The molecule has 0 fully saturated rings. The summed E-state index contributed by atoms with van der Waals surface area (Å²) < 4.78 is 15.8. The molecule has 1 amide bonds. The molecule has 11 heteroatoms. The van der Waals surface area contributed by atoms with Crippen molar-refractivity contribution < 1.29 is 38.5 Å². The normalized spacial score (nSPS) is 13.5. The van der Waals surface area contributed by atoms with E-state index in [9.17, 15) is 24.3 Å². The van der Waals surface area contributed by atoms with Crippen LogP contribution >= 0.6 is 23.5 Å². The van der Waals surface area contributed by atoms with Crippen LogP contribution in [0.1, 0.15) is 24.2 Å². The molecule has 0 spiro atoms. The van der Waals surface area contributed by atoms with Gasteiger partial charge in [-0.05, 0) is 18.4 Å². The van der Waals surface area contributed by atoms with Crippen molar-refractivity contribution in [1.82, 2.24) is 5.32 Å². The van der Waals surface area contributed by atoms with Gasteiger partial charge in [-0.3, -0.25) is 14.4 Å². The highest BCUT2D eigenvalue weighted by molar-refractivity contribution is 8.14. The van der Waals surface area contributed by atoms with Crippen LogP contribution in [0, 0.1) is 5.92 Å². The van der Waals surface area contributed by atoms with Gasteiger partial charge in [-0.2, -0.15) is 11.8 Å². The van der Waals surface area contributed by atoms with Gasteiger partial charge in [0, 0.05) is 18.2 Å². The van der Waals surface area contributed by atoms with Crippen LogP contribution in [-0.4, -0.2) is 72.5 Å². The van der Waals surface area contributed by atoms with Crippen LogP contribution in [0.5, 0.6) is 17.2 Å².